The fraction of sp³-hybridized carbons (Fsp3) is 0.300. The van der Waals surface area contributed by atoms with Crippen LogP contribution in [0.3, 0.4) is 0 Å². The van der Waals surface area contributed by atoms with Crippen LogP contribution in [-0.4, -0.2) is 0 Å². The summed E-state index contributed by atoms with van der Waals surface area (Å²) in [5.74, 6) is 0. The van der Waals surface area contributed by atoms with E-state index in [4.69, 9.17) is 0 Å². The molecule has 108 valence electrons. The second-order valence-electron chi connectivity index (χ2n) is 5.68. The molecule has 3 aromatic rings. The van der Waals surface area contributed by atoms with Gasteiger partial charge in [-0.05, 0) is 59.2 Å². The highest BCUT2D eigenvalue weighted by Crippen LogP contribution is 2.26. The molecule has 0 bridgehead atoms. The molecule has 0 saturated carbocycles. The van der Waals surface area contributed by atoms with E-state index in [9.17, 15) is 0 Å². The van der Waals surface area contributed by atoms with Gasteiger partial charge in [-0.3, -0.25) is 0 Å². The molecule has 0 unspecified atom stereocenters. The van der Waals surface area contributed by atoms with Gasteiger partial charge < -0.3 is 0 Å². The molecule has 1 heteroatoms. The predicted molar refractivity (Wildman–Crippen MR) is 94.3 cm³/mol. The van der Waals surface area contributed by atoms with Gasteiger partial charge in [0, 0.05) is 4.70 Å². The standard InChI is InChI=1S/C20H22S/c1-2-3-6-16-9-11-17(12-10-16)13-14-18-15-21-20-8-5-4-7-19(18)20/h4-5,7-12,15H,2-3,6,13-14H2,1H3. The summed E-state index contributed by atoms with van der Waals surface area (Å²) < 4.78 is 1.41. The number of aryl methyl sites for hydroxylation is 3. The fourth-order valence-electron chi connectivity index (χ4n) is 2.76. The summed E-state index contributed by atoms with van der Waals surface area (Å²) in [6, 6.07) is 17.9. The molecule has 0 spiro atoms. The molecule has 0 aliphatic rings. The number of hydrogen-bond acceptors (Lipinski definition) is 1. The lowest BCUT2D eigenvalue weighted by molar-refractivity contribution is 0.794. The van der Waals surface area contributed by atoms with Crippen LogP contribution in [0.15, 0.2) is 53.9 Å². The summed E-state index contributed by atoms with van der Waals surface area (Å²) >= 11 is 1.86. The summed E-state index contributed by atoms with van der Waals surface area (Å²) in [5, 5.41) is 3.75. The number of rotatable bonds is 6. The van der Waals surface area contributed by atoms with Crippen LogP contribution in [0, 0.1) is 0 Å². The number of thiophene rings is 1. The lowest BCUT2D eigenvalue weighted by Crippen LogP contribution is -1.91. The maximum atomic E-state index is 2.32. The van der Waals surface area contributed by atoms with Gasteiger partial charge in [0.05, 0.1) is 0 Å². The molecule has 1 heterocycles. The van der Waals surface area contributed by atoms with Crippen molar-refractivity contribution >= 4 is 21.4 Å². The molecule has 0 saturated heterocycles. The van der Waals surface area contributed by atoms with E-state index in [2.05, 4.69) is 60.8 Å². The van der Waals surface area contributed by atoms with Gasteiger partial charge in [-0.1, -0.05) is 55.8 Å². The lowest BCUT2D eigenvalue weighted by Gasteiger charge is -2.04. The molecule has 1 aromatic heterocycles. The van der Waals surface area contributed by atoms with Crippen molar-refractivity contribution in [2.24, 2.45) is 0 Å². The van der Waals surface area contributed by atoms with Crippen molar-refractivity contribution in [3.05, 3.63) is 70.6 Å². The van der Waals surface area contributed by atoms with E-state index in [1.54, 1.807) is 0 Å². The zero-order valence-corrected chi connectivity index (χ0v) is 13.5. The lowest BCUT2D eigenvalue weighted by atomic mass is 10.0. The van der Waals surface area contributed by atoms with Gasteiger partial charge in [0.25, 0.3) is 0 Å². The minimum absolute atomic E-state index is 1.13. The number of fused-ring (bicyclic) bond motifs is 1. The van der Waals surface area contributed by atoms with E-state index in [0.717, 1.165) is 12.8 Å². The van der Waals surface area contributed by atoms with E-state index < -0.39 is 0 Å². The Hall–Kier alpha value is -1.60. The van der Waals surface area contributed by atoms with Crippen LogP contribution in [0.4, 0.5) is 0 Å². The summed E-state index contributed by atoms with van der Waals surface area (Å²) in [6.45, 7) is 2.25. The Labute approximate surface area is 131 Å². The monoisotopic (exact) mass is 294 g/mol. The molecule has 2 aromatic carbocycles. The van der Waals surface area contributed by atoms with Gasteiger partial charge in [0.15, 0.2) is 0 Å². The molecular formula is C20H22S. The quantitative estimate of drug-likeness (QED) is 0.520. The molecular weight excluding hydrogens is 272 g/mol. The maximum Gasteiger partial charge on any atom is 0.0345 e. The summed E-state index contributed by atoms with van der Waals surface area (Å²) in [6.07, 6.45) is 6.05. The Morgan fingerprint density at radius 1 is 0.810 bits per heavy atom. The smallest absolute Gasteiger partial charge is 0.0345 e. The number of hydrogen-bond donors (Lipinski definition) is 0. The first kappa shape index (κ1) is 14.3. The Kier molecular flexibility index (Phi) is 4.72. The van der Waals surface area contributed by atoms with Gasteiger partial charge in [0.2, 0.25) is 0 Å². The van der Waals surface area contributed by atoms with Gasteiger partial charge in [-0.2, -0.15) is 0 Å². The van der Waals surface area contributed by atoms with Crippen molar-refractivity contribution < 1.29 is 0 Å². The van der Waals surface area contributed by atoms with E-state index in [-0.39, 0.29) is 0 Å². The third-order valence-electron chi connectivity index (χ3n) is 4.09. The van der Waals surface area contributed by atoms with Gasteiger partial charge in [-0.25, -0.2) is 0 Å². The number of benzene rings is 2. The van der Waals surface area contributed by atoms with Crippen LogP contribution >= 0.6 is 11.3 Å². The topological polar surface area (TPSA) is 0 Å². The highest BCUT2D eigenvalue weighted by Gasteiger charge is 2.03. The summed E-state index contributed by atoms with van der Waals surface area (Å²) in [4.78, 5) is 0. The van der Waals surface area contributed by atoms with Crippen molar-refractivity contribution in [1.82, 2.24) is 0 Å². The SMILES string of the molecule is CCCCc1ccc(CCc2csc3ccccc23)cc1. The first-order valence-corrected chi connectivity index (χ1v) is 8.77. The van der Waals surface area contributed by atoms with Crippen molar-refractivity contribution in [3.8, 4) is 0 Å². The van der Waals surface area contributed by atoms with E-state index in [0.29, 0.717) is 0 Å². The average molecular weight is 294 g/mol. The van der Waals surface area contributed by atoms with Gasteiger partial charge in [0.1, 0.15) is 0 Å². The largest absolute Gasteiger partial charge is 0.144 e. The molecule has 0 N–H and O–H groups in total. The van der Waals surface area contributed by atoms with Gasteiger partial charge >= 0.3 is 0 Å². The van der Waals surface area contributed by atoms with Crippen molar-refractivity contribution in [2.75, 3.05) is 0 Å². The maximum absolute atomic E-state index is 2.32. The molecule has 0 atom stereocenters. The normalized spacial score (nSPS) is 11.1. The predicted octanol–water partition coefficient (Wildman–Crippen LogP) is 6.03. The zero-order chi connectivity index (χ0) is 14.5. The third-order valence-corrected chi connectivity index (χ3v) is 5.10. The average Bonchev–Trinajstić information content (AvgIpc) is 2.95. The summed E-state index contributed by atoms with van der Waals surface area (Å²) in [5.41, 5.74) is 4.41. The van der Waals surface area contributed by atoms with E-state index in [1.165, 1.54) is 46.0 Å². The molecule has 3 rings (SSSR count). The molecule has 0 radical (unpaired) electrons. The molecule has 0 fully saturated rings. The molecule has 0 amide bonds. The van der Waals surface area contributed by atoms with Crippen molar-refractivity contribution in [2.45, 2.75) is 39.0 Å². The zero-order valence-electron chi connectivity index (χ0n) is 12.6. The Balaban J connectivity index is 1.64. The van der Waals surface area contributed by atoms with E-state index >= 15 is 0 Å². The van der Waals surface area contributed by atoms with Crippen LogP contribution in [0.2, 0.25) is 0 Å². The van der Waals surface area contributed by atoms with E-state index in [1.807, 2.05) is 11.3 Å². The highest BCUT2D eigenvalue weighted by molar-refractivity contribution is 7.17. The van der Waals surface area contributed by atoms with Gasteiger partial charge in [-0.15, -0.1) is 11.3 Å². The highest BCUT2D eigenvalue weighted by atomic mass is 32.1. The molecule has 0 nitrogen and oxygen atoms in total. The molecule has 0 aliphatic heterocycles. The van der Waals surface area contributed by atoms with Crippen LogP contribution in [-0.2, 0) is 19.3 Å². The first-order chi connectivity index (χ1) is 10.4. The number of unbranched alkanes of at least 4 members (excludes halogenated alkanes) is 1. The van der Waals surface area contributed by atoms with Crippen LogP contribution in [0.25, 0.3) is 10.1 Å². The first-order valence-electron chi connectivity index (χ1n) is 7.89. The second-order valence-corrected chi connectivity index (χ2v) is 6.59. The third kappa shape index (κ3) is 3.54. The Morgan fingerprint density at radius 3 is 2.29 bits per heavy atom. The van der Waals surface area contributed by atoms with Crippen LogP contribution in [0.1, 0.15) is 36.5 Å². The molecule has 0 aliphatic carbocycles. The van der Waals surface area contributed by atoms with Crippen molar-refractivity contribution in [3.63, 3.8) is 0 Å². The summed E-state index contributed by atoms with van der Waals surface area (Å²) in [7, 11) is 0. The minimum Gasteiger partial charge on any atom is -0.144 e. The Morgan fingerprint density at radius 2 is 1.52 bits per heavy atom. The second kappa shape index (κ2) is 6.91. The fourth-order valence-corrected chi connectivity index (χ4v) is 3.76. The van der Waals surface area contributed by atoms with Crippen LogP contribution in [0.5, 0.6) is 0 Å². The minimum atomic E-state index is 1.13. The van der Waals surface area contributed by atoms with Crippen LogP contribution < -0.4 is 0 Å². The molecule has 21 heavy (non-hydrogen) atoms. The van der Waals surface area contributed by atoms with Crippen molar-refractivity contribution in [1.29, 1.82) is 0 Å². The Bertz CT molecular complexity index is 691.